The highest BCUT2D eigenvalue weighted by molar-refractivity contribution is 5.96. The number of carbonyl (C=O) groups is 1. The number of carbonyl (C=O) groups excluding carboxylic acids is 1. The molecule has 1 aliphatic carbocycles. The van der Waals surface area contributed by atoms with E-state index in [4.69, 9.17) is 4.42 Å². The van der Waals surface area contributed by atoms with Crippen LogP contribution in [0.15, 0.2) is 21.8 Å². The van der Waals surface area contributed by atoms with Crippen molar-refractivity contribution in [2.75, 3.05) is 0 Å². The lowest BCUT2D eigenvalue weighted by Crippen LogP contribution is -2.22. The lowest BCUT2D eigenvalue weighted by Gasteiger charge is -2.18. The quantitative estimate of drug-likeness (QED) is 0.800. The Labute approximate surface area is 101 Å². The predicted molar refractivity (Wildman–Crippen MR) is 66.0 cm³/mol. The molecule has 1 atom stereocenters. The monoisotopic (exact) mass is 234 g/mol. The molecule has 0 aliphatic heterocycles. The van der Waals surface area contributed by atoms with Gasteiger partial charge in [-0.1, -0.05) is 6.92 Å². The number of hydrazone groups is 1. The molecule has 0 aromatic carbocycles. The van der Waals surface area contributed by atoms with Crippen LogP contribution in [0.1, 0.15) is 48.7 Å². The molecule has 1 saturated carbocycles. The fourth-order valence-corrected chi connectivity index (χ4v) is 2.17. The molecule has 1 N–H and O–H groups in total. The molecule has 0 spiro atoms. The molecule has 2 rings (SSSR count). The van der Waals surface area contributed by atoms with E-state index < -0.39 is 0 Å². The van der Waals surface area contributed by atoms with Gasteiger partial charge in [0.15, 0.2) is 0 Å². The van der Waals surface area contributed by atoms with Crippen LogP contribution in [0.5, 0.6) is 0 Å². The average Bonchev–Trinajstić information content (AvgIpc) is 2.72. The van der Waals surface area contributed by atoms with E-state index in [-0.39, 0.29) is 5.91 Å². The zero-order chi connectivity index (χ0) is 12.3. The summed E-state index contributed by atoms with van der Waals surface area (Å²) in [5, 5.41) is 4.21. The van der Waals surface area contributed by atoms with Crippen LogP contribution in [0.25, 0.3) is 0 Å². The lowest BCUT2D eigenvalue weighted by atomic mass is 9.89. The number of hydrogen-bond acceptors (Lipinski definition) is 3. The van der Waals surface area contributed by atoms with E-state index in [2.05, 4.69) is 17.5 Å². The Morgan fingerprint density at radius 3 is 3.06 bits per heavy atom. The van der Waals surface area contributed by atoms with E-state index >= 15 is 0 Å². The van der Waals surface area contributed by atoms with Gasteiger partial charge in [0.2, 0.25) is 0 Å². The highest BCUT2D eigenvalue weighted by atomic mass is 16.3. The molecule has 1 amide bonds. The van der Waals surface area contributed by atoms with Crippen molar-refractivity contribution >= 4 is 11.6 Å². The molecular weight excluding hydrogens is 216 g/mol. The zero-order valence-electron chi connectivity index (χ0n) is 10.3. The third-order valence-electron chi connectivity index (χ3n) is 3.17. The van der Waals surface area contributed by atoms with Gasteiger partial charge in [-0.05, 0) is 44.6 Å². The smallest absolute Gasteiger partial charge is 0.274 e. The predicted octanol–water partition coefficient (Wildman–Crippen LogP) is 2.88. The third-order valence-corrected chi connectivity index (χ3v) is 3.17. The third kappa shape index (κ3) is 2.96. The van der Waals surface area contributed by atoms with Gasteiger partial charge in [-0.3, -0.25) is 4.79 Å². The highest BCUT2D eigenvalue weighted by Gasteiger charge is 2.15. The Bertz CT molecular complexity index is 434. The number of aryl methyl sites for hydroxylation is 1. The first-order valence-corrected chi connectivity index (χ1v) is 6.06. The first-order chi connectivity index (χ1) is 8.16. The fraction of sp³-hybridized carbons (Fsp3) is 0.538. The normalized spacial score (nSPS) is 22.7. The molecule has 1 aromatic rings. The maximum atomic E-state index is 11.8. The Morgan fingerprint density at radius 2 is 2.41 bits per heavy atom. The molecule has 92 valence electrons. The van der Waals surface area contributed by atoms with Crippen molar-refractivity contribution in [3.05, 3.63) is 23.7 Å². The number of rotatable bonds is 2. The minimum atomic E-state index is -0.193. The van der Waals surface area contributed by atoms with Gasteiger partial charge >= 0.3 is 0 Å². The van der Waals surface area contributed by atoms with Crippen LogP contribution in [0.4, 0.5) is 0 Å². The summed E-state index contributed by atoms with van der Waals surface area (Å²) in [6.45, 7) is 3.99. The van der Waals surface area contributed by atoms with Gasteiger partial charge < -0.3 is 4.42 Å². The summed E-state index contributed by atoms with van der Waals surface area (Å²) in [5.74, 6) is 1.11. The summed E-state index contributed by atoms with van der Waals surface area (Å²) in [4.78, 5) is 11.8. The number of hydrogen-bond donors (Lipinski definition) is 1. The minimum Gasteiger partial charge on any atom is -0.469 e. The Hall–Kier alpha value is -1.58. The summed E-state index contributed by atoms with van der Waals surface area (Å²) in [7, 11) is 0. The van der Waals surface area contributed by atoms with Gasteiger partial charge in [0.1, 0.15) is 5.76 Å². The largest absolute Gasteiger partial charge is 0.469 e. The first-order valence-electron chi connectivity index (χ1n) is 6.06. The van der Waals surface area contributed by atoms with Crippen molar-refractivity contribution < 1.29 is 9.21 Å². The lowest BCUT2D eigenvalue weighted by molar-refractivity contribution is 0.0953. The second kappa shape index (κ2) is 5.17. The number of furan rings is 1. The van der Waals surface area contributed by atoms with E-state index in [0.717, 1.165) is 18.6 Å². The van der Waals surface area contributed by atoms with Gasteiger partial charge in [-0.15, -0.1) is 0 Å². The van der Waals surface area contributed by atoms with E-state index in [0.29, 0.717) is 17.2 Å². The van der Waals surface area contributed by atoms with Crippen LogP contribution in [-0.2, 0) is 0 Å². The summed E-state index contributed by atoms with van der Waals surface area (Å²) in [5.41, 5.74) is 4.25. The molecule has 1 aromatic heterocycles. The van der Waals surface area contributed by atoms with Gasteiger partial charge in [0.25, 0.3) is 5.91 Å². The summed E-state index contributed by atoms with van der Waals surface area (Å²) in [6.07, 6.45) is 5.92. The van der Waals surface area contributed by atoms with Gasteiger partial charge in [0, 0.05) is 5.71 Å². The van der Waals surface area contributed by atoms with Crippen molar-refractivity contribution in [3.63, 3.8) is 0 Å². The molecule has 0 bridgehead atoms. The summed E-state index contributed by atoms with van der Waals surface area (Å²) >= 11 is 0. The minimum absolute atomic E-state index is 0.193. The summed E-state index contributed by atoms with van der Waals surface area (Å²) in [6, 6.07) is 1.66. The number of amides is 1. The van der Waals surface area contributed by atoms with Crippen LogP contribution >= 0.6 is 0 Å². The van der Waals surface area contributed by atoms with Crippen molar-refractivity contribution in [3.8, 4) is 0 Å². The molecule has 1 heterocycles. The summed E-state index contributed by atoms with van der Waals surface area (Å²) < 4.78 is 5.09. The first kappa shape index (κ1) is 11.9. The Kier molecular flexibility index (Phi) is 3.61. The van der Waals surface area contributed by atoms with Crippen LogP contribution in [0.3, 0.4) is 0 Å². The van der Waals surface area contributed by atoms with Crippen molar-refractivity contribution in [2.45, 2.75) is 39.5 Å². The molecule has 1 unspecified atom stereocenters. The second-order valence-corrected chi connectivity index (χ2v) is 4.71. The maximum Gasteiger partial charge on any atom is 0.274 e. The van der Waals surface area contributed by atoms with Gasteiger partial charge in [0.05, 0.1) is 11.8 Å². The van der Waals surface area contributed by atoms with Crippen LogP contribution in [0, 0.1) is 12.8 Å². The molecule has 4 nitrogen and oxygen atoms in total. The molecule has 1 fully saturated rings. The molecule has 4 heteroatoms. The second-order valence-electron chi connectivity index (χ2n) is 4.71. The molecule has 0 radical (unpaired) electrons. The van der Waals surface area contributed by atoms with Gasteiger partial charge in [-0.2, -0.15) is 5.10 Å². The SMILES string of the molecule is Cc1occc1C(=O)N/N=C1/CCCC(C)C1. The fourth-order valence-electron chi connectivity index (χ4n) is 2.17. The van der Waals surface area contributed by atoms with Crippen molar-refractivity contribution in [1.29, 1.82) is 0 Å². The Balaban J connectivity index is 1.96. The van der Waals surface area contributed by atoms with Crippen LogP contribution in [-0.4, -0.2) is 11.6 Å². The molecule has 1 aliphatic rings. The molecule has 17 heavy (non-hydrogen) atoms. The van der Waals surface area contributed by atoms with Crippen LogP contribution in [0.2, 0.25) is 0 Å². The van der Waals surface area contributed by atoms with Crippen molar-refractivity contribution in [1.82, 2.24) is 5.43 Å². The topological polar surface area (TPSA) is 54.6 Å². The standard InChI is InChI=1S/C13H18N2O2/c1-9-4-3-5-11(8-9)14-15-13(16)12-6-7-17-10(12)2/h6-7,9H,3-5,8H2,1-2H3,(H,15,16)/b14-11-. The van der Waals surface area contributed by atoms with E-state index in [1.807, 2.05) is 0 Å². The molecule has 0 saturated heterocycles. The van der Waals surface area contributed by atoms with Crippen LogP contribution < -0.4 is 5.43 Å². The molecular formula is C13H18N2O2. The average molecular weight is 234 g/mol. The number of nitrogens with zero attached hydrogens (tertiary/aromatic N) is 1. The van der Waals surface area contributed by atoms with E-state index in [1.54, 1.807) is 13.0 Å². The van der Waals surface area contributed by atoms with Gasteiger partial charge in [-0.25, -0.2) is 5.43 Å². The van der Waals surface area contributed by atoms with E-state index in [1.165, 1.54) is 19.1 Å². The zero-order valence-corrected chi connectivity index (χ0v) is 10.3. The maximum absolute atomic E-state index is 11.8. The van der Waals surface area contributed by atoms with Crippen molar-refractivity contribution in [2.24, 2.45) is 11.0 Å². The Morgan fingerprint density at radius 1 is 1.59 bits per heavy atom. The van der Waals surface area contributed by atoms with E-state index in [9.17, 15) is 4.79 Å². The number of nitrogens with one attached hydrogen (secondary N) is 1. The highest BCUT2D eigenvalue weighted by Crippen LogP contribution is 2.21.